The van der Waals surface area contributed by atoms with Crippen LogP contribution in [0.1, 0.15) is 46.5 Å². The van der Waals surface area contributed by atoms with Crippen LogP contribution in [0.3, 0.4) is 0 Å². The summed E-state index contributed by atoms with van der Waals surface area (Å²) >= 11 is 1.42. The van der Waals surface area contributed by atoms with E-state index in [1.807, 2.05) is 22.9 Å². The third-order valence-corrected chi connectivity index (χ3v) is 6.46. The number of fused-ring (bicyclic) bond motifs is 1. The maximum atomic E-state index is 13.9. The lowest BCUT2D eigenvalue weighted by molar-refractivity contribution is -0.129. The van der Waals surface area contributed by atoms with Gasteiger partial charge >= 0.3 is 0 Å². The summed E-state index contributed by atoms with van der Waals surface area (Å²) in [7, 11) is 1.89. The molecule has 1 saturated heterocycles. The fraction of sp³-hybridized carbons (Fsp3) is 0.522. The van der Waals surface area contributed by atoms with Crippen molar-refractivity contribution in [3.63, 3.8) is 0 Å². The van der Waals surface area contributed by atoms with Crippen LogP contribution in [-0.4, -0.2) is 57.6 Å². The first-order chi connectivity index (χ1) is 15.2. The SMILES string of the molecule is CN(CC(=O)N1CCCCCC1)c1nn2c(NC(C)(C)C)c(-c3cccc(F)c3)nc2s1. The van der Waals surface area contributed by atoms with Gasteiger partial charge in [0.05, 0.1) is 6.54 Å². The van der Waals surface area contributed by atoms with Crippen molar-refractivity contribution >= 4 is 33.2 Å². The number of carbonyl (C=O) groups excluding carboxylic acids is 1. The maximum Gasteiger partial charge on any atom is 0.242 e. The van der Waals surface area contributed by atoms with Gasteiger partial charge in [-0.25, -0.2) is 9.37 Å². The number of hydrogen-bond acceptors (Lipinski definition) is 6. The van der Waals surface area contributed by atoms with E-state index in [1.54, 1.807) is 10.6 Å². The number of anilines is 2. The van der Waals surface area contributed by atoms with Crippen molar-refractivity contribution in [2.75, 3.05) is 36.9 Å². The van der Waals surface area contributed by atoms with Gasteiger partial charge in [-0.05, 0) is 45.7 Å². The molecule has 3 aromatic rings. The molecule has 0 radical (unpaired) electrons. The van der Waals surface area contributed by atoms with Crippen molar-refractivity contribution in [1.29, 1.82) is 0 Å². The van der Waals surface area contributed by atoms with E-state index >= 15 is 0 Å². The molecule has 0 atom stereocenters. The van der Waals surface area contributed by atoms with Gasteiger partial charge in [0, 0.05) is 31.2 Å². The summed E-state index contributed by atoms with van der Waals surface area (Å²) in [6.07, 6.45) is 4.54. The Balaban J connectivity index is 1.62. The quantitative estimate of drug-likeness (QED) is 0.603. The number of rotatable bonds is 5. The Bertz CT molecular complexity index is 1090. The van der Waals surface area contributed by atoms with Crippen LogP contribution in [0.4, 0.5) is 15.3 Å². The Morgan fingerprint density at radius 3 is 2.59 bits per heavy atom. The number of carbonyl (C=O) groups is 1. The van der Waals surface area contributed by atoms with Crippen LogP contribution in [0.15, 0.2) is 24.3 Å². The smallest absolute Gasteiger partial charge is 0.242 e. The highest BCUT2D eigenvalue weighted by molar-refractivity contribution is 7.20. The fourth-order valence-electron chi connectivity index (χ4n) is 3.89. The van der Waals surface area contributed by atoms with Crippen LogP contribution >= 0.6 is 11.3 Å². The van der Waals surface area contributed by atoms with E-state index in [1.165, 1.54) is 36.3 Å². The molecular weight excluding hydrogens is 427 g/mol. The van der Waals surface area contributed by atoms with Gasteiger partial charge in [0.1, 0.15) is 11.5 Å². The van der Waals surface area contributed by atoms with Crippen LogP contribution in [0.5, 0.6) is 0 Å². The molecule has 1 N–H and O–H groups in total. The fourth-order valence-corrected chi connectivity index (χ4v) is 4.75. The number of likely N-dealkylation sites (tertiary alicyclic amines) is 1. The second kappa shape index (κ2) is 9.05. The van der Waals surface area contributed by atoms with E-state index in [2.05, 4.69) is 26.1 Å². The van der Waals surface area contributed by atoms with Gasteiger partial charge in [0.15, 0.2) is 5.82 Å². The highest BCUT2D eigenvalue weighted by Crippen LogP contribution is 2.34. The molecule has 1 aromatic carbocycles. The van der Waals surface area contributed by atoms with Crippen LogP contribution in [0.2, 0.25) is 0 Å². The van der Waals surface area contributed by atoms with Gasteiger partial charge < -0.3 is 15.1 Å². The number of nitrogens with one attached hydrogen (secondary N) is 1. The Morgan fingerprint density at radius 2 is 1.94 bits per heavy atom. The van der Waals surface area contributed by atoms with Gasteiger partial charge in [-0.3, -0.25) is 4.79 Å². The molecule has 0 bridgehead atoms. The predicted octanol–water partition coefficient (Wildman–Crippen LogP) is 4.65. The molecule has 1 amide bonds. The number of nitrogens with zero attached hydrogens (tertiary/aromatic N) is 5. The zero-order valence-electron chi connectivity index (χ0n) is 19.2. The van der Waals surface area contributed by atoms with Crippen LogP contribution in [0, 0.1) is 5.82 Å². The van der Waals surface area contributed by atoms with Gasteiger partial charge in [-0.15, -0.1) is 5.10 Å². The summed E-state index contributed by atoms with van der Waals surface area (Å²) in [5.74, 6) is 0.546. The lowest BCUT2D eigenvalue weighted by Gasteiger charge is -2.24. The van der Waals surface area contributed by atoms with Crippen molar-refractivity contribution in [2.45, 2.75) is 52.0 Å². The Hall–Kier alpha value is -2.68. The average molecular weight is 459 g/mol. The topological polar surface area (TPSA) is 65.8 Å². The summed E-state index contributed by atoms with van der Waals surface area (Å²) in [4.78, 5) is 22.1. The second-order valence-electron chi connectivity index (χ2n) is 9.42. The summed E-state index contributed by atoms with van der Waals surface area (Å²) in [6.45, 7) is 8.13. The molecule has 2 aromatic heterocycles. The molecule has 1 aliphatic rings. The molecule has 1 fully saturated rings. The van der Waals surface area contributed by atoms with E-state index in [0.29, 0.717) is 22.0 Å². The third kappa shape index (κ3) is 5.03. The normalized spacial score (nSPS) is 15.1. The number of imidazole rings is 1. The standard InChI is InChI=1S/C23H31FN6OS/c1-23(2,3)26-20-19(16-10-9-11-17(24)14-16)25-21-30(20)27-22(32-21)28(4)15-18(31)29-12-7-5-6-8-13-29/h9-11,14,26H,5-8,12-13,15H2,1-4H3. The number of hydrogen-bond donors (Lipinski definition) is 1. The number of likely N-dealkylation sites (N-methyl/N-ethyl adjacent to an activating group) is 1. The number of benzene rings is 1. The van der Waals surface area contributed by atoms with Crippen molar-refractivity contribution in [3.05, 3.63) is 30.1 Å². The van der Waals surface area contributed by atoms with E-state index in [-0.39, 0.29) is 23.8 Å². The first-order valence-electron chi connectivity index (χ1n) is 11.1. The van der Waals surface area contributed by atoms with Gasteiger partial charge in [0.25, 0.3) is 0 Å². The monoisotopic (exact) mass is 458 g/mol. The van der Waals surface area contributed by atoms with Crippen molar-refractivity contribution < 1.29 is 9.18 Å². The summed E-state index contributed by atoms with van der Waals surface area (Å²) in [5.41, 5.74) is 1.12. The molecule has 9 heteroatoms. The Morgan fingerprint density at radius 1 is 1.22 bits per heavy atom. The zero-order chi connectivity index (χ0) is 22.9. The van der Waals surface area contributed by atoms with E-state index < -0.39 is 0 Å². The third-order valence-electron chi connectivity index (χ3n) is 5.44. The lowest BCUT2D eigenvalue weighted by Crippen LogP contribution is -2.39. The van der Waals surface area contributed by atoms with E-state index in [9.17, 15) is 9.18 Å². The Labute approximate surface area is 192 Å². The van der Waals surface area contributed by atoms with Crippen LogP contribution < -0.4 is 10.2 Å². The number of halogens is 1. The maximum absolute atomic E-state index is 13.9. The minimum absolute atomic E-state index is 0.135. The molecular formula is C23H31FN6OS. The Kier molecular flexibility index (Phi) is 6.37. The van der Waals surface area contributed by atoms with Gasteiger partial charge in [-0.1, -0.05) is 36.3 Å². The molecule has 0 aliphatic carbocycles. The number of amides is 1. The summed E-state index contributed by atoms with van der Waals surface area (Å²) < 4.78 is 15.6. The number of aromatic nitrogens is 3. The lowest BCUT2D eigenvalue weighted by atomic mass is 10.1. The molecule has 1 aliphatic heterocycles. The van der Waals surface area contributed by atoms with Crippen LogP contribution in [0.25, 0.3) is 16.2 Å². The molecule has 172 valence electrons. The largest absolute Gasteiger partial charge is 0.364 e. The van der Waals surface area contributed by atoms with E-state index in [4.69, 9.17) is 10.1 Å². The minimum atomic E-state index is -0.305. The first kappa shape index (κ1) is 22.5. The highest BCUT2D eigenvalue weighted by Gasteiger charge is 2.24. The minimum Gasteiger partial charge on any atom is -0.364 e. The molecule has 7 nitrogen and oxygen atoms in total. The van der Waals surface area contributed by atoms with Gasteiger partial charge in [-0.2, -0.15) is 4.52 Å². The van der Waals surface area contributed by atoms with E-state index in [0.717, 1.165) is 31.1 Å². The molecule has 32 heavy (non-hydrogen) atoms. The average Bonchev–Trinajstić information content (AvgIpc) is 3.14. The van der Waals surface area contributed by atoms with Crippen LogP contribution in [-0.2, 0) is 4.79 Å². The van der Waals surface area contributed by atoms with Crippen molar-refractivity contribution in [3.8, 4) is 11.3 Å². The predicted molar refractivity (Wildman–Crippen MR) is 128 cm³/mol. The zero-order valence-corrected chi connectivity index (χ0v) is 20.0. The molecule has 0 saturated carbocycles. The highest BCUT2D eigenvalue weighted by atomic mass is 32.1. The molecule has 0 unspecified atom stereocenters. The van der Waals surface area contributed by atoms with Gasteiger partial charge in [0.2, 0.25) is 16.0 Å². The second-order valence-corrected chi connectivity index (χ2v) is 10.4. The van der Waals surface area contributed by atoms with Crippen molar-refractivity contribution in [2.24, 2.45) is 0 Å². The molecule has 0 spiro atoms. The molecule has 4 rings (SSSR count). The molecule has 3 heterocycles. The first-order valence-corrected chi connectivity index (χ1v) is 12.0. The summed E-state index contributed by atoms with van der Waals surface area (Å²) in [5, 5.41) is 8.95. The van der Waals surface area contributed by atoms with Crippen molar-refractivity contribution in [1.82, 2.24) is 19.5 Å². The summed E-state index contributed by atoms with van der Waals surface area (Å²) in [6, 6.07) is 6.43.